The number of benzene rings is 1. The normalized spacial score (nSPS) is 30.4. The Hall–Kier alpha value is -1.60. The molecule has 0 atom stereocenters. The Balaban J connectivity index is 1.15. The van der Waals surface area contributed by atoms with Crippen molar-refractivity contribution in [1.82, 2.24) is 15.1 Å². The highest BCUT2D eigenvalue weighted by atomic mass is 79.9. The minimum absolute atomic E-state index is 0.0317. The molecule has 1 saturated heterocycles. The van der Waals surface area contributed by atoms with Crippen LogP contribution in [0.1, 0.15) is 75.2 Å². The van der Waals surface area contributed by atoms with Gasteiger partial charge >= 0.3 is 6.09 Å². The maximum absolute atomic E-state index is 13.2. The van der Waals surface area contributed by atoms with Crippen molar-refractivity contribution in [2.75, 3.05) is 32.7 Å². The molecule has 6 nitrogen and oxygen atoms in total. The molecule has 4 bridgehead atoms. The molecule has 7 heteroatoms. The van der Waals surface area contributed by atoms with Gasteiger partial charge in [-0.15, -0.1) is 0 Å². The number of hydrogen-bond donors (Lipinski definition) is 1. The number of amides is 2. The zero-order valence-corrected chi connectivity index (χ0v) is 23.0. The summed E-state index contributed by atoms with van der Waals surface area (Å²) in [6.07, 6.45) is 7.94. The van der Waals surface area contributed by atoms with E-state index in [-0.39, 0.29) is 12.0 Å². The first-order valence-electron chi connectivity index (χ1n) is 13.3. The fraction of sp³-hybridized carbons (Fsp3) is 0.714. The van der Waals surface area contributed by atoms with Crippen LogP contribution in [0.5, 0.6) is 0 Å². The summed E-state index contributed by atoms with van der Waals surface area (Å²) in [5.41, 5.74) is 1.71. The summed E-state index contributed by atoms with van der Waals surface area (Å²) in [6, 6.07) is 6.10. The average molecular weight is 547 g/mol. The van der Waals surface area contributed by atoms with E-state index in [0.29, 0.717) is 18.5 Å². The first kappa shape index (κ1) is 25.1. The van der Waals surface area contributed by atoms with Crippen molar-refractivity contribution >= 4 is 27.9 Å². The van der Waals surface area contributed by atoms with Gasteiger partial charge in [-0.2, -0.15) is 0 Å². The van der Waals surface area contributed by atoms with E-state index >= 15 is 0 Å². The number of carbonyl (C=O) groups excluding carboxylic acids is 2. The lowest BCUT2D eigenvalue weighted by Gasteiger charge is -2.56. The molecule has 5 aliphatic rings. The predicted molar refractivity (Wildman–Crippen MR) is 140 cm³/mol. The van der Waals surface area contributed by atoms with Crippen molar-refractivity contribution in [2.24, 2.45) is 23.2 Å². The summed E-state index contributed by atoms with van der Waals surface area (Å²) in [5, 5.41) is 3.32. The van der Waals surface area contributed by atoms with E-state index in [4.69, 9.17) is 4.74 Å². The van der Waals surface area contributed by atoms with Gasteiger partial charge in [-0.05, 0) is 116 Å². The molecule has 0 unspecified atom stereocenters. The largest absolute Gasteiger partial charge is 0.444 e. The van der Waals surface area contributed by atoms with Crippen LogP contribution in [-0.4, -0.2) is 60.1 Å². The Morgan fingerprint density at radius 3 is 2.20 bits per heavy atom. The predicted octanol–water partition coefficient (Wildman–Crippen LogP) is 5.45. The van der Waals surface area contributed by atoms with Crippen molar-refractivity contribution in [3.05, 3.63) is 33.8 Å². The molecule has 1 heterocycles. The topological polar surface area (TPSA) is 61.9 Å². The third kappa shape index (κ3) is 5.87. The molecule has 35 heavy (non-hydrogen) atoms. The van der Waals surface area contributed by atoms with E-state index in [9.17, 15) is 9.59 Å². The maximum atomic E-state index is 13.2. The van der Waals surface area contributed by atoms with Gasteiger partial charge in [0.1, 0.15) is 5.60 Å². The van der Waals surface area contributed by atoms with E-state index in [1.165, 1.54) is 38.5 Å². The van der Waals surface area contributed by atoms with Crippen LogP contribution in [0.2, 0.25) is 0 Å². The zero-order chi connectivity index (χ0) is 24.8. The van der Waals surface area contributed by atoms with Crippen molar-refractivity contribution in [1.29, 1.82) is 0 Å². The molecule has 5 fully saturated rings. The van der Waals surface area contributed by atoms with Crippen LogP contribution in [0.4, 0.5) is 4.79 Å². The summed E-state index contributed by atoms with van der Waals surface area (Å²) in [7, 11) is 0. The Kier molecular flexibility index (Phi) is 6.94. The fourth-order valence-corrected chi connectivity index (χ4v) is 7.81. The van der Waals surface area contributed by atoms with E-state index in [2.05, 4.69) is 32.2 Å². The molecule has 1 N–H and O–H groups in total. The van der Waals surface area contributed by atoms with E-state index in [1.54, 1.807) is 4.90 Å². The minimum Gasteiger partial charge on any atom is -0.444 e. The van der Waals surface area contributed by atoms with Crippen molar-refractivity contribution < 1.29 is 14.3 Å². The van der Waals surface area contributed by atoms with Crippen LogP contribution in [0.15, 0.2) is 22.7 Å². The average Bonchev–Trinajstić information content (AvgIpc) is 2.77. The Bertz CT molecular complexity index is 929. The van der Waals surface area contributed by atoms with Crippen molar-refractivity contribution in [2.45, 2.75) is 71.4 Å². The third-order valence-electron chi connectivity index (χ3n) is 8.49. The van der Waals surface area contributed by atoms with Crippen LogP contribution in [0, 0.1) is 23.2 Å². The monoisotopic (exact) mass is 545 g/mol. The second-order valence-electron chi connectivity index (χ2n) is 12.7. The standard InChI is InChI=1S/C28H40BrN3O3/c1-27(2,3)35-26(34)32-8-6-31(7-9-32)17-19-4-5-24(29)23(13-19)25(33)30-18-28-14-20-10-21(15-28)12-22(11-20)16-28/h4-5,13,20-22H,6-12,14-18H2,1-3H3,(H,30,33). The highest BCUT2D eigenvalue weighted by Gasteiger charge is 2.50. The fourth-order valence-electron chi connectivity index (χ4n) is 7.39. The number of ether oxygens (including phenoxy) is 1. The van der Waals surface area contributed by atoms with Crippen LogP contribution in [0.25, 0.3) is 0 Å². The molecule has 4 aliphatic carbocycles. The highest BCUT2D eigenvalue weighted by Crippen LogP contribution is 2.59. The van der Waals surface area contributed by atoms with Crippen molar-refractivity contribution in [3.63, 3.8) is 0 Å². The molecule has 2 amide bonds. The number of halogens is 1. The Labute approximate surface area is 218 Å². The lowest BCUT2D eigenvalue weighted by molar-refractivity contribution is -0.0503. The number of nitrogens with one attached hydrogen (secondary N) is 1. The molecule has 6 rings (SSSR count). The van der Waals surface area contributed by atoms with Gasteiger partial charge in [-0.25, -0.2) is 4.79 Å². The molecule has 0 spiro atoms. The second kappa shape index (κ2) is 9.70. The number of hydrogen-bond acceptors (Lipinski definition) is 4. The summed E-state index contributed by atoms with van der Waals surface area (Å²) in [4.78, 5) is 29.7. The molecule has 192 valence electrons. The summed E-state index contributed by atoms with van der Waals surface area (Å²) >= 11 is 3.61. The van der Waals surface area contributed by atoms with Gasteiger partial charge < -0.3 is 15.0 Å². The summed E-state index contributed by atoms with van der Waals surface area (Å²) in [6.45, 7) is 10.2. The second-order valence-corrected chi connectivity index (χ2v) is 13.5. The SMILES string of the molecule is CC(C)(C)OC(=O)N1CCN(Cc2ccc(Br)c(C(=O)NCC34CC5CC(CC(C5)C3)C4)c2)CC1. The molecular formula is C28H40BrN3O3. The summed E-state index contributed by atoms with van der Waals surface area (Å²) < 4.78 is 6.35. The Morgan fingerprint density at radius 1 is 1.03 bits per heavy atom. The van der Waals surface area contributed by atoms with Gasteiger partial charge in [0.15, 0.2) is 0 Å². The molecule has 1 aromatic rings. The van der Waals surface area contributed by atoms with E-state index in [0.717, 1.165) is 59.5 Å². The lowest BCUT2D eigenvalue weighted by Crippen LogP contribution is -2.51. The van der Waals surface area contributed by atoms with Gasteiger partial charge in [0.05, 0.1) is 5.56 Å². The molecule has 4 saturated carbocycles. The van der Waals surface area contributed by atoms with Crippen LogP contribution in [-0.2, 0) is 11.3 Å². The number of nitrogens with zero attached hydrogens (tertiary/aromatic N) is 2. The summed E-state index contributed by atoms with van der Waals surface area (Å²) in [5.74, 6) is 2.71. The van der Waals surface area contributed by atoms with Crippen LogP contribution >= 0.6 is 15.9 Å². The van der Waals surface area contributed by atoms with Gasteiger partial charge in [0.25, 0.3) is 5.91 Å². The Morgan fingerprint density at radius 2 is 1.63 bits per heavy atom. The number of piperazine rings is 1. The van der Waals surface area contributed by atoms with Gasteiger partial charge in [-0.1, -0.05) is 6.07 Å². The highest BCUT2D eigenvalue weighted by molar-refractivity contribution is 9.10. The van der Waals surface area contributed by atoms with Crippen LogP contribution in [0.3, 0.4) is 0 Å². The first-order valence-corrected chi connectivity index (χ1v) is 14.1. The molecule has 1 aliphatic heterocycles. The minimum atomic E-state index is -0.474. The van der Waals surface area contributed by atoms with Gasteiger partial charge in [-0.3, -0.25) is 9.69 Å². The smallest absolute Gasteiger partial charge is 0.410 e. The van der Waals surface area contributed by atoms with Crippen molar-refractivity contribution in [3.8, 4) is 0 Å². The van der Waals surface area contributed by atoms with E-state index in [1.807, 2.05) is 32.9 Å². The first-order chi connectivity index (χ1) is 16.6. The molecule has 0 aromatic heterocycles. The zero-order valence-electron chi connectivity index (χ0n) is 21.4. The maximum Gasteiger partial charge on any atom is 0.410 e. The number of carbonyl (C=O) groups is 2. The molecule has 0 radical (unpaired) electrons. The molecular weight excluding hydrogens is 506 g/mol. The van der Waals surface area contributed by atoms with E-state index < -0.39 is 5.60 Å². The van der Waals surface area contributed by atoms with Crippen LogP contribution < -0.4 is 5.32 Å². The number of rotatable bonds is 5. The quantitative estimate of drug-likeness (QED) is 0.534. The third-order valence-corrected chi connectivity index (χ3v) is 9.19. The molecule has 1 aromatic carbocycles. The van der Waals surface area contributed by atoms with Gasteiger partial charge in [0, 0.05) is 43.7 Å². The lowest BCUT2D eigenvalue weighted by atomic mass is 9.49. The van der Waals surface area contributed by atoms with Gasteiger partial charge in [0.2, 0.25) is 0 Å².